The summed E-state index contributed by atoms with van der Waals surface area (Å²) in [7, 11) is 0. The summed E-state index contributed by atoms with van der Waals surface area (Å²) in [5.74, 6) is 0.137. The maximum Gasteiger partial charge on any atom is 0.387 e. The fourth-order valence-electron chi connectivity index (χ4n) is 1.71. The van der Waals surface area contributed by atoms with Gasteiger partial charge in [-0.05, 0) is 17.7 Å². The van der Waals surface area contributed by atoms with E-state index < -0.39 is 12.2 Å². The Labute approximate surface area is 92.0 Å². The summed E-state index contributed by atoms with van der Waals surface area (Å²) in [4.78, 5) is 0. The predicted molar refractivity (Wildman–Crippen MR) is 54.6 cm³/mol. The molecular formula is C11H13F2NO2. The number of hydrogen-bond donors (Lipinski definition) is 2. The van der Waals surface area contributed by atoms with Gasteiger partial charge in [0, 0.05) is 19.5 Å². The van der Waals surface area contributed by atoms with E-state index in [1.165, 1.54) is 12.1 Å². The molecule has 0 atom stereocenters. The fraction of sp³-hybridized carbons (Fsp3) is 0.455. The molecule has 1 fully saturated rings. The molecule has 0 bridgehead atoms. The summed E-state index contributed by atoms with van der Waals surface area (Å²) in [6.07, 6.45) is 0.523. The fourth-order valence-corrected chi connectivity index (χ4v) is 1.71. The number of alkyl halides is 2. The van der Waals surface area contributed by atoms with Gasteiger partial charge in [0.15, 0.2) is 0 Å². The van der Waals surface area contributed by atoms with Crippen LogP contribution >= 0.6 is 0 Å². The molecule has 1 aliphatic heterocycles. The third-order valence-corrected chi connectivity index (χ3v) is 2.59. The van der Waals surface area contributed by atoms with Crippen molar-refractivity contribution >= 4 is 0 Å². The zero-order valence-corrected chi connectivity index (χ0v) is 8.62. The van der Waals surface area contributed by atoms with Crippen LogP contribution in [-0.4, -0.2) is 30.4 Å². The van der Waals surface area contributed by atoms with Crippen molar-refractivity contribution in [3.05, 3.63) is 29.8 Å². The highest BCUT2D eigenvalue weighted by Crippen LogP contribution is 2.20. The molecule has 0 unspecified atom stereocenters. The smallest absolute Gasteiger partial charge is 0.387 e. The number of aliphatic hydroxyl groups is 1. The maximum atomic E-state index is 11.9. The molecule has 1 aromatic rings. The van der Waals surface area contributed by atoms with E-state index in [9.17, 15) is 13.9 Å². The van der Waals surface area contributed by atoms with Crippen LogP contribution in [0.4, 0.5) is 8.78 Å². The number of β-amino-alcohol motifs (C(OH)–C–C–N with tert-alkyl or cyclic N) is 1. The second kappa shape index (κ2) is 4.35. The SMILES string of the molecule is OC1(Cc2ccc(OC(F)F)cc2)CNC1. The maximum absolute atomic E-state index is 11.9. The van der Waals surface area contributed by atoms with Gasteiger partial charge in [-0.25, -0.2) is 0 Å². The molecule has 0 spiro atoms. The number of hydrogen-bond acceptors (Lipinski definition) is 3. The molecule has 0 saturated carbocycles. The molecular weight excluding hydrogens is 216 g/mol. The average molecular weight is 229 g/mol. The van der Waals surface area contributed by atoms with E-state index in [1.54, 1.807) is 12.1 Å². The van der Waals surface area contributed by atoms with Gasteiger partial charge in [-0.2, -0.15) is 8.78 Å². The number of rotatable bonds is 4. The quantitative estimate of drug-likeness (QED) is 0.814. The molecule has 0 amide bonds. The van der Waals surface area contributed by atoms with Crippen LogP contribution in [0.25, 0.3) is 0 Å². The molecule has 1 aliphatic rings. The Bertz CT molecular complexity index is 350. The third-order valence-electron chi connectivity index (χ3n) is 2.59. The zero-order valence-electron chi connectivity index (χ0n) is 8.62. The van der Waals surface area contributed by atoms with Crippen LogP contribution in [-0.2, 0) is 6.42 Å². The lowest BCUT2D eigenvalue weighted by Crippen LogP contribution is -2.60. The lowest BCUT2D eigenvalue weighted by molar-refractivity contribution is -0.0499. The molecule has 0 aliphatic carbocycles. The van der Waals surface area contributed by atoms with Crippen LogP contribution in [0.1, 0.15) is 5.56 Å². The summed E-state index contributed by atoms with van der Waals surface area (Å²) in [6.45, 7) is -1.66. The van der Waals surface area contributed by atoms with E-state index in [-0.39, 0.29) is 5.75 Å². The normalized spacial score (nSPS) is 18.2. The van der Waals surface area contributed by atoms with Crippen LogP contribution in [0.3, 0.4) is 0 Å². The molecule has 5 heteroatoms. The molecule has 3 nitrogen and oxygen atoms in total. The molecule has 0 radical (unpaired) electrons. The van der Waals surface area contributed by atoms with Crippen LogP contribution in [0.15, 0.2) is 24.3 Å². The summed E-state index contributed by atoms with van der Waals surface area (Å²) in [5.41, 5.74) is 0.219. The van der Waals surface area contributed by atoms with Gasteiger partial charge >= 0.3 is 6.61 Å². The average Bonchev–Trinajstić information content (AvgIpc) is 2.18. The number of halogens is 2. The monoisotopic (exact) mass is 229 g/mol. The first kappa shape index (κ1) is 11.3. The van der Waals surface area contributed by atoms with Crippen molar-refractivity contribution in [3.63, 3.8) is 0 Å². The first-order valence-corrected chi connectivity index (χ1v) is 5.04. The molecule has 2 N–H and O–H groups in total. The van der Waals surface area contributed by atoms with E-state index in [0.717, 1.165) is 5.56 Å². The third kappa shape index (κ3) is 2.68. The Morgan fingerprint density at radius 1 is 1.31 bits per heavy atom. The molecule has 88 valence electrons. The van der Waals surface area contributed by atoms with E-state index in [2.05, 4.69) is 10.1 Å². The molecule has 1 saturated heterocycles. The second-order valence-electron chi connectivity index (χ2n) is 4.03. The minimum Gasteiger partial charge on any atom is -0.435 e. The lowest BCUT2D eigenvalue weighted by atomic mass is 9.89. The van der Waals surface area contributed by atoms with E-state index in [4.69, 9.17) is 0 Å². The van der Waals surface area contributed by atoms with Crippen LogP contribution in [0.5, 0.6) is 5.75 Å². The first-order chi connectivity index (χ1) is 7.57. The Kier molecular flexibility index (Phi) is 3.07. The molecule has 1 heterocycles. The Morgan fingerprint density at radius 3 is 2.38 bits per heavy atom. The van der Waals surface area contributed by atoms with E-state index in [0.29, 0.717) is 19.5 Å². The highest BCUT2D eigenvalue weighted by molar-refractivity contribution is 5.28. The van der Waals surface area contributed by atoms with Gasteiger partial charge in [0.25, 0.3) is 0 Å². The van der Waals surface area contributed by atoms with E-state index >= 15 is 0 Å². The van der Waals surface area contributed by atoms with E-state index in [1.807, 2.05) is 0 Å². The molecule has 16 heavy (non-hydrogen) atoms. The minimum absolute atomic E-state index is 0.137. The van der Waals surface area contributed by atoms with Gasteiger partial charge in [0.1, 0.15) is 5.75 Å². The number of nitrogens with one attached hydrogen (secondary N) is 1. The van der Waals surface area contributed by atoms with Gasteiger partial charge in [0.05, 0.1) is 5.60 Å². The van der Waals surface area contributed by atoms with Gasteiger partial charge in [-0.15, -0.1) is 0 Å². The van der Waals surface area contributed by atoms with Crippen LogP contribution < -0.4 is 10.1 Å². The number of ether oxygens (including phenoxy) is 1. The van der Waals surface area contributed by atoms with Gasteiger partial charge < -0.3 is 15.2 Å². The van der Waals surface area contributed by atoms with Crippen molar-refractivity contribution in [2.45, 2.75) is 18.6 Å². The number of benzene rings is 1. The minimum atomic E-state index is -2.80. The summed E-state index contributed by atoms with van der Waals surface area (Å²) in [5, 5.41) is 12.9. The second-order valence-corrected chi connectivity index (χ2v) is 4.03. The topological polar surface area (TPSA) is 41.5 Å². The Morgan fingerprint density at radius 2 is 1.94 bits per heavy atom. The molecule has 0 aromatic heterocycles. The zero-order chi connectivity index (χ0) is 11.6. The van der Waals surface area contributed by atoms with Crippen LogP contribution in [0, 0.1) is 0 Å². The Hall–Kier alpha value is -1.20. The Balaban J connectivity index is 1.96. The van der Waals surface area contributed by atoms with Gasteiger partial charge in [-0.3, -0.25) is 0 Å². The van der Waals surface area contributed by atoms with Crippen molar-refractivity contribution in [1.82, 2.24) is 5.32 Å². The van der Waals surface area contributed by atoms with Gasteiger partial charge in [0.2, 0.25) is 0 Å². The van der Waals surface area contributed by atoms with Gasteiger partial charge in [-0.1, -0.05) is 12.1 Å². The summed E-state index contributed by atoms with van der Waals surface area (Å²) in [6, 6.07) is 6.34. The largest absolute Gasteiger partial charge is 0.435 e. The standard InChI is InChI=1S/C11H13F2NO2/c12-10(13)16-9-3-1-8(2-4-9)5-11(15)6-14-7-11/h1-4,10,14-15H,5-7H2. The first-order valence-electron chi connectivity index (χ1n) is 5.04. The van der Waals surface area contributed by atoms with Crippen molar-refractivity contribution in [2.75, 3.05) is 13.1 Å². The highest BCUT2D eigenvalue weighted by atomic mass is 19.3. The van der Waals surface area contributed by atoms with Crippen molar-refractivity contribution in [3.8, 4) is 5.75 Å². The molecule has 1 aromatic carbocycles. The lowest BCUT2D eigenvalue weighted by Gasteiger charge is -2.37. The van der Waals surface area contributed by atoms with Crippen LogP contribution in [0.2, 0.25) is 0 Å². The summed E-state index contributed by atoms with van der Waals surface area (Å²) >= 11 is 0. The van der Waals surface area contributed by atoms with Crippen molar-refractivity contribution in [2.24, 2.45) is 0 Å². The summed E-state index contributed by atoms with van der Waals surface area (Å²) < 4.78 is 28.0. The molecule has 2 rings (SSSR count). The van der Waals surface area contributed by atoms with Crippen molar-refractivity contribution in [1.29, 1.82) is 0 Å². The predicted octanol–water partition coefficient (Wildman–Crippen LogP) is 1.16. The highest BCUT2D eigenvalue weighted by Gasteiger charge is 2.34. The van der Waals surface area contributed by atoms with Crippen molar-refractivity contribution < 1.29 is 18.6 Å².